The minimum Gasteiger partial charge on any atom is -0.464 e. The summed E-state index contributed by atoms with van der Waals surface area (Å²) in [6.07, 6.45) is 3.95. The van der Waals surface area contributed by atoms with Gasteiger partial charge in [0.15, 0.2) is 0 Å². The second-order valence-electron chi connectivity index (χ2n) is 4.56. The van der Waals surface area contributed by atoms with Crippen molar-refractivity contribution in [3.63, 3.8) is 0 Å². The van der Waals surface area contributed by atoms with Gasteiger partial charge in [-0.25, -0.2) is 0 Å². The molecule has 1 aliphatic rings. The molecule has 0 bridgehead atoms. The number of nitrogens with zero attached hydrogens (tertiary/aromatic N) is 4. The van der Waals surface area contributed by atoms with Gasteiger partial charge in [-0.3, -0.25) is 0 Å². The van der Waals surface area contributed by atoms with Crippen LogP contribution >= 0.6 is 0 Å². The largest absolute Gasteiger partial charge is 0.464 e. The molecule has 1 aliphatic heterocycles. The van der Waals surface area contributed by atoms with Gasteiger partial charge in [-0.05, 0) is 32.9 Å². The second-order valence-corrected chi connectivity index (χ2v) is 4.56. The van der Waals surface area contributed by atoms with Crippen LogP contribution in [0.2, 0.25) is 0 Å². The molecule has 1 saturated heterocycles. The van der Waals surface area contributed by atoms with Gasteiger partial charge in [0.2, 0.25) is 11.9 Å². The van der Waals surface area contributed by atoms with Crippen LogP contribution in [-0.4, -0.2) is 52.6 Å². The van der Waals surface area contributed by atoms with Gasteiger partial charge in [0.05, 0.1) is 6.61 Å². The summed E-state index contributed by atoms with van der Waals surface area (Å²) in [4.78, 5) is 14.5. The minimum atomic E-state index is 0.180. The predicted octanol–water partition coefficient (Wildman–Crippen LogP) is 0.750. The van der Waals surface area contributed by atoms with E-state index in [0.717, 1.165) is 13.1 Å². The van der Waals surface area contributed by atoms with E-state index in [9.17, 15) is 0 Å². The molecule has 7 nitrogen and oxygen atoms in total. The molecule has 0 unspecified atom stereocenters. The summed E-state index contributed by atoms with van der Waals surface area (Å²) in [5.74, 6) is 0.659. The van der Waals surface area contributed by atoms with Gasteiger partial charge >= 0.3 is 6.01 Å². The molecule has 2 heterocycles. The van der Waals surface area contributed by atoms with Gasteiger partial charge in [-0.15, -0.1) is 0 Å². The van der Waals surface area contributed by atoms with E-state index in [-0.39, 0.29) is 12.0 Å². The van der Waals surface area contributed by atoms with Crippen LogP contribution in [0, 0.1) is 0 Å². The first kappa shape index (κ1) is 13.8. The van der Waals surface area contributed by atoms with Gasteiger partial charge in [0.1, 0.15) is 0 Å². The van der Waals surface area contributed by atoms with Crippen molar-refractivity contribution in [2.75, 3.05) is 43.8 Å². The lowest BCUT2D eigenvalue weighted by Gasteiger charge is -2.26. The van der Waals surface area contributed by atoms with Gasteiger partial charge < -0.3 is 20.7 Å². The normalized spacial score (nSPS) is 16.3. The van der Waals surface area contributed by atoms with E-state index in [4.69, 9.17) is 10.5 Å². The maximum absolute atomic E-state index is 5.61. The summed E-state index contributed by atoms with van der Waals surface area (Å²) < 4.78 is 5.23. The number of nitrogens with one attached hydrogen (secondary N) is 1. The maximum Gasteiger partial charge on any atom is 0.323 e. The van der Waals surface area contributed by atoms with Crippen LogP contribution in [0.5, 0.6) is 6.01 Å². The van der Waals surface area contributed by atoms with E-state index >= 15 is 0 Å². The SMILES string of the molecule is CCOc1nc(N)nc(NCCN2CCCCC2)n1. The van der Waals surface area contributed by atoms with E-state index in [0.29, 0.717) is 12.6 Å². The highest BCUT2D eigenvalue weighted by Crippen LogP contribution is 2.10. The number of piperidine rings is 1. The lowest BCUT2D eigenvalue weighted by atomic mass is 10.1. The van der Waals surface area contributed by atoms with Crippen LogP contribution in [0.25, 0.3) is 0 Å². The number of nitrogens with two attached hydrogens (primary N) is 1. The fraction of sp³-hybridized carbons (Fsp3) is 0.750. The predicted molar refractivity (Wildman–Crippen MR) is 74.2 cm³/mol. The first-order valence-electron chi connectivity index (χ1n) is 6.88. The molecular formula is C12H22N6O. The second kappa shape index (κ2) is 7.08. The first-order valence-corrected chi connectivity index (χ1v) is 6.88. The zero-order valence-corrected chi connectivity index (χ0v) is 11.4. The minimum absolute atomic E-state index is 0.180. The van der Waals surface area contributed by atoms with E-state index in [1.165, 1.54) is 32.4 Å². The van der Waals surface area contributed by atoms with Crippen LogP contribution in [0.4, 0.5) is 11.9 Å². The number of aromatic nitrogens is 3. The lowest BCUT2D eigenvalue weighted by Crippen LogP contribution is -2.33. The molecule has 106 valence electrons. The van der Waals surface area contributed by atoms with Crippen molar-refractivity contribution in [1.82, 2.24) is 19.9 Å². The maximum atomic E-state index is 5.61. The van der Waals surface area contributed by atoms with Gasteiger partial charge in [0, 0.05) is 13.1 Å². The first-order chi connectivity index (χ1) is 9.28. The van der Waals surface area contributed by atoms with E-state index in [2.05, 4.69) is 25.2 Å². The summed E-state index contributed by atoms with van der Waals surface area (Å²) in [6, 6.07) is 0.274. The molecule has 19 heavy (non-hydrogen) atoms. The van der Waals surface area contributed by atoms with Gasteiger partial charge in [-0.1, -0.05) is 6.42 Å². The Labute approximate surface area is 113 Å². The van der Waals surface area contributed by atoms with Crippen molar-refractivity contribution in [2.45, 2.75) is 26.2 Å². The molecule has 2 rings (SSSR count). The molecule has 3 N–H and O–H groups in total. The third-order valence-corrected chi connectivity index (χ3v) is 3.07. The molecular weight excluding hydrogens is 244 g/mol. The molecule has 0 amide bonds. The van der Waals surface area contributed by atoms with Crippen molar-refractivity contribution >= 4 is 11.9 Å². The van der Waals surface area contributed by atoms with E-state index in [1.54, 1.807) is 0 Å². The zero-order chi connectivity index (χ0) is 13.5. The Morgan fingerprint density at radius 1 is 1.21 bits per heavy atom. The van der Waals surface area contributed by atoms with Crippen molar-refractivity contribution in [1.29, 1.82) is 0 Å². The number of likely N-dealkylation sites (tertiary alicyclic amines) is 1. The molecule has 0 saturated carbocycles. The summed E-state index contributed by atoms with van der Waals surface area (Å²) in [6.45, 7) is 6.56. The van der Waals surface area contributed by atoms with Crippen LogP contribution in [-0.2, 0) is 0 Å². The summed E-state index contributed by atoms with van der Waals surface area (Å²) in [5, 5.41) is 3.17. The molecule has 7 heteroatoms. The third kappa shape index (κ3) is 4.51. The smallest absolute Gasteiger partial charge is 0.323 e. The lowest BCUT2D eigenvalue weighted by molar-refractivity contribution is 0.237. The quantitative estimate of drug-likeness (QED) is 0.785. The monoisotopic (exact) mass is 266 g/mol. The third-order valence-electron chi connectivity index (χ3n) is 3.07. The van der Waals surface area contributed by atoms with Crippen molar-refractivity contribution in [3.05, 3.63) is 0 Å². The molecule has 1 aromatic heterocycles. The average molecular weight is 266 g/mol. The van der Waals surface area contributed by atoms with Crippen LogP contribution in [0.15, 0.2) is 0 Å². The zero-order valence-electron chi connectivity index (χ0n) is 11.4. The van der Waals surface area contributed by atoms with Crippen molar-refractivity contribution in [2.24, 2.45) is 0 Å². The Morgan fingerprint density at radius 2 is 2.00 bits per heavy atom. The molecule has 1 fully saturated rings. The molecule has 0 aromatic carbocycles. The Hall–Kier alpha value is -1.63. The Kier molecular flexibility index (Phi) is 5.14. The highest BCUT2D eigenvalue weighted by atomic mass is 16.5. The fourth-order valence-corrected chi connectivity index (χ4v) is 2.15. The van der Waals surface area contributed by atoms with E-state index in [1.807, 2.05) is 6.92 Å². The topological polar surface area (TPSA) is 89.2 Å². The number of hydrogen-bond donors (Lipinski definition) is 2. The van der Waals surface area contributed by atoms with Crippen LogP contribution in [0.1, 0.15) is 26.2 Å². The highest BCUT2D eigenvalue weighted by Gasteiger charge is 2.10. The van der Waals surface area contributed by atoms with E-state index < -0.39 is 0 Å². The molecule has 0 spiro atoms. The highest BCUT2D eigenvalue weighted by molar-refractivity contribution is 5.32. The Bertz CT molecular complexity index is 394. The number of ether oxygens (including phenoxy) is 1. The van der Waals surface area contributed by atoms with Gasteiger partial charge in [-0.2, -0.15) is 15.0 Å². The van der Waals surface area contributed by atoms with Crippen molar-refractivity contribution < 1.29 is 4.74 Å². The standard InChI is InChI=1S/C12H22N6O/c1-2-19-12-16-10(13)15-11(17-12)14-6-9-18-7-4-3-5-8-18/h2-9H2,1H3,(H3,13,14,15,16,17). The molecule has 0 aliphatic carbocycles. The fourth-order valence-electron chi connectivity index (χ4n) is 2.15. The number of nitrogen functional groups attached to an aromatic ring is 1. The number of hydrogen-bond acceptors (Lipinski definition) is 7. The average Bonchev–Trinajstić information content (AvgIpc) is 2.40. The Balaban J connectivity index is 1.81. The summed E-state index contributed by atoms with van der Waals surface area (Å²) >= 11 is 0. The number of anilines is 2. The summed E-state index contributed by atoms with van der Waals surface area (Å²) in [7, 11) is 0. The van der Waals surface area contributed by atoms with Crippen LogP contribution in [0.3, 0.4) is 0 Å². The number of rotatable bonds is 6. The Morgan fingerprint density at radius 3 is 2.74 bits per heavy atom. The van der Waals surface area contributed by atoms with Crippen LogP contribution < -0.4 is 15.8 Å². The molecule has 0 radical (unpaired) electrons. The molecule has 1 aromatic rings. The van der Waals surface area contributed by atoms with Crippen molar-refractivity contribution in [3.8, 4) is 6.01 Å². The van der Waals surface area contributed by atoms with Gasteiger partial charge in [0.25, 0.3) is 0 Å². The molecule has 0 atom stereocenters. The summed E-state index contributed by atoms with van der Waals surface area (Å²) in [5.41, 5.74) is 5.61.